The van der Waals surface area contributed by atoms with E-state index in [1.165, 1.54) is 11.3 Å². The molecule has 0 N–H and O–H groups in total. The molecule has 0 radical (unpaired) electrons. The van der Waals surface area contributed by atoms with Crippen molar-refractivity contribution in [3.63, 3.8) is 0 Å². The van der Waals surface area contributed by atoms with E-state index in [2.05, 4.69) is 71.2 Å². The maximum atomic E-state index is 6.03. The summed E-state index contributed by atoms with van der Waals surface area (Å²) in [5.74, 6) is 0.862. The molecule has 4 rings (SSSR count). The summed E-state index contributed by atoms with van der Waals surface area (Å²) in [6, 6.07) is 18.7. The third-order valence-electron chi connectivity index (χ3n) is 4.67. The predicted molar refractivity (Wildman–Crippen MR) is 99.5 cm³/mol. The molecule has 0 spiro atoms. The van der Waals surface area contributed by atoms with Crippen molar-refractivity contribution in [1.29, 1.82) is 0 Å². The first kappa shape index (κ1) is 15.8. The van der Waals surface area contributed by atoms with Crippen LogP contribution in [-0.2, 0) is 4.74 Å². The second-order valence-corrected chi connectivity index (χ2v) is 6.26. The standard InChI is InChI=1S/C21H22N2O2/c1-16-6-3-4-9-20(16)22-11-10-17(15-22)21-23(12-13-25-21)18-7-5-8-19(14-18)24-2/h3-11,14-15,21H,12-13H2,1-2H3. The molecule has 0 amide bonds. The zero-order valence-corrected chi connectivity index (χ0v) is 14.6. The number of anilines is 1. The number of hydrogen-bond donors (Lipinski definition) is 0. The average molecular weight is 334 g/mol. The molecule has 1 aliphatic rings. The first-order valence-corrected chi connectivity index (χ1v) is 8.52. The van der Waals surface area contributed by atoms with Gasteiger partial charge >= 0.3 is 0 Å². The topological polar surface area (TPSA) is 26.6 Å². The molecule has 0 bridgehead atoms. The summed E-state index contributed by atoms with van der Waals surface area (Å²) in [6.07, 6.45) is 4.19. The van der Waals surface area contributed by atoms with Crippen LogP contribution in [0.1, 0.15) is 17.4 Å². The molecule has 25 heavy (non-hydrogen) atoms. The van der Waals surface area contributed by atoms with Gasteiger partial charge in [-0.2, -0.15) is 0 Å². The Morgan fingerprint density at radius 2 is 1.96 bits per heavy atom. The van der Waals surface area contributed by atoms with Crippen molar-refractivity contribution >= 4 is 5.69 Å². The molecule has 2 aromatic carbocycles. The highest BCUT2D eigenvalue weighted by Gasteiger charge is 2.28. The van der Waals surface area contributed by atoms with Gasteiger partial charge in [0.1, 0.15) is 5.75 Å². The second-order valence-electron chi connectivity index (χ2n) is 6.26. The Bertz CT molecular complexity index is 872. The predicted octanol–water partition coefficient (Wildman–Crippen LogP) is 4.33. The Morgan fingerprint density at radius 1 is 1.08 bits per heavy atom. The van der Waals surface area contributed by atoms with Gasteiger partial charge in [-0.25, -0.2) is 0 Å². The number of hydrogen-bond acceptors (Lipinski definition) is 3. The SMILES string of the molecule is COc1cccc(N2CCOC2c2ccn(-c3ccccc3C)c2)c1. The summed E-state index contributed by atoms with van der Waals surface area (Å²) >= 11 is 0. The van der Waals surface area contributed by atoms with Crippen LogP contribution in [0.2, 0.25) is 0 Å². The number of ether oxygens (including phenoxy) is 2. The van der Waals surface area contributed by atoms with Gasteiger partial charge in [-0.05, 0) is 36.8 Å². The lowest BCUT2D eigenvalue weighted by atomic mass is 10.2. The van der Waals surface area contributed by atoms with E-state index < -0.39 is 0 Å². The van der Waals surface area contributed by atoms with E-state index >= 15 is 0 Å². The summed E-state index contributed by atoms with van der Waals surface area (Å²) < 4.78 is 13.6. The van der Waals surface area contributed by atoms with Crippen molar-refractivity contribution in [1.82, 2.24) is 4.57 Å². The summed E-state index contributed by atoms with van der Waals surface area (Å²) in [6.45, 7) is 3.72. The number of aromatic nitrogens is 1. The van der Waals surface area contributed by atoms with Crippen molar-refractivity contribution in [3.05, 3.63) is 78.1 Å². The molecule has 128 valence electrons. The molecule has 0 saturated carbocycles. The quantitative estimate of drug-likeness (QED) is 0.710. The number of rotatable bonds is 4. The maximum Gasteiger partial charge on any atom is 0.158 e. The van der Waals surface area contributed by atoms with Gasteiger partial charge in [0.05, 0.1) is 13.7 Å². The van der Waals surface area contributed by atoms with Gasteiger partial charge in [-0.3, -0.25) is 0 Å². The van der Waals surface area contributed by atoms with E-state index in [1.807, 2.05) is 12.1 Å². The first-order valence-electron chi connectivity index (χ1n) is 8.52. The highest BCUT2D eigenvalue weighted by Crippen LogP contribution is 2.34. The molecule has 1 saturated heterocycles. The fourth-order valence-electron chi connectivity index (χ4n) is 3.36. The van der Waals surface area contributed by atoms with Gasteiger partial charge in [0.15, 0.2) is 6.23 Å². The maximum absolute atomic E-state index is 6.03. The summed E-state index contributed by atoms with van der Waals surface area (Å²) in [7, 11) is 1.69. The lowest BCUT2D eigenvalue weighted by Crippen LogP contribution is -2.23. The van der Waals surface area contributed by atoms with Crippen LogP contribution in [0.4, 0.5) is 5.69 Å². The normalized spacial score (nSPS) is 17.0. The van der Waals surface area contributed by atoms with Crippen molar-refractivity contribution in [2.24, 2.45) is 0 Å². The molecular weight excluding hydrogens is 312 g/mol. The minimum atomic E-state index is -0.0719. The average Bonchev–Trinajstić information content (AvgIpc) is 3.31. The molecule has 2 heterocycles. The van der Waals surface area contributed by atoms with Crippen LogP contribution in [0.5, 0.6) is 5.75 Å². The minimum Gasteiger partial charge on any atom is -0.497 e. The monoisotopic (exact) mass is 334 g/mol. The Hall–Kier alpha value is -2.72. The van der Waals surface area contributed by atoms with Gasteiger partial charge in [-0.15, -0.1) is 0 Å². The van der Waals surface area contributed by atoms with Crippen LogP contribution in [-0.4, -0.2) is 24.8 Å². The van der Waals surface area contributed by atoms with Crippen LogP contribution in [0.15, 0.2) is 67.0 Å². The van der Waals surface area contributed by atoms with E-state index in [0.29, 0.717) is 0 Å². The van der Waals surface area contributed by atoms with E-state index in [1.54, 1.807) is 7.11 Å². The number of benzene rings is 2. The van der Waals surface area contributed by atoms with Gasteiger partial charge in [-0.1, -0.05) is 24.3 Å². The molecule has 3 aromatic rings. The fraction of sp³-hybridized carbons (Fsp3) is 0.238. The van der Waals surface area contributed by atoms with Gasteiger partial charge in [0.25, 0.3) is 0 Å². The lowest BCUT2D eigenvalue weighted by Gasteiger charge is -2.25. The van der Waals surface area contributed by atoms with Crippen molar-refractivity contribution in [2.75, 3.05) is 25.2 Å². The molecule has 1 atom stereocenters. The zero-order chi connectivity index (χ0) is 17.2. The van der Waals surface area contributed by atoms with E-state index in [4.69, 9.17) is 9.47 Å². The second kappa shape index (κ2) is 6.65. The van der Waals surface area contributed by atoms with Crippen LogP contribution in [0.25, 0.3) is 5.69 Å². The summed E-state index contributed by atoms with van der Waals surface area (Å²) in [5, 5.41) is 0. The Labute approximate surface area is 148 Å². The number of para-hydroxylation sites is 1. The Balaban J connectivity index is 1.64. The summed E-state index contributed by atoms with van der Waals surface area (Å²) in [4.78, 5) is 2.28. The van der Waals surface area contributed by atoms with Crippen LogP contribution < -0.4 is 9.64 Å². The van der Waals surface area contributed by atoms with Crippen molar-refractivity contribution in [2.45, 2.75) is 13.2 Å². The summed E-state index contributed by atoms with van der Waals surface area (Å²) in [5.41, 5.74) is 4.72. The van der Waals surface area contributed by atoms with Crippen LogP contribution in [0.3, 0.4) is 0 Å². The number of methoxy groups -OCH3 is 1. The third-order valence-corrected chi connectivity index (χ3v) is 4.67. The Morgan fingerprint density at radius 3 is 2.80 bits per heavy atom. The lowest BCUT2D eigenvalue weighted by molar-refractivity contribution is 0.114. The molecular formula is C21H22N2O2. The van der Waals surface area contributed by atoms with Crippen molar-refractivity contribution in [3.8, 4) is 11.4 Å². The van der Waals surface area contributed by atoms with Gasteiger partial charge in [0.2, 0.25) is 0 Å². The van der Waals surface area contributed by atoms with Gasteiger partial charge in [0, 0.05) is 41.9 Å². The third kappa shape index (κ3) is 3.01. The highest BCUT2D eigenvalue weighted by molar-refractivity contribution is 5.53. The Kier molecular flexibility index (Phi) is 4.20. The van der Waals surface area contributed by atoms with Crippen LogP contribution in [0, 0.1) is 6.92 Å². The van der Waals surface area contributed by atoms with Crippen LogP contribution >= 0.6 is 0 Å². The molecule has 1 unspecified atom stereocenters. The van der Waals surface area contributed by atoms with E-state index in [0.717, 1.165) is 30.2 Å². The molecule has 4 nitrogen and oxygen atoms in total. The van der Waals surface area contributed by atoms with Gasteiger partial charge < -0.3 is 18.9 Å². The molecule has 1 fully saturated rings. The first-order chi connectivity index (χ1) is 12.3. The number of nitrogens with zero attached hydrogens (tertiary/aromatic N) is 2. The minimum absolute atomic E-state index is 0.0719. The van der Waals surface area contributed by atoms with E-state index in [9.17, 15) is 0 Å². The molecule has 0 aliphatic carbocycles. The smallest absolute Gasteiger partial charge is 0.158 e. The largest absolute Gasteiger partial charge is 0.497 e. The number of aryl methyl sites for hydroxylation is 1. The zero-order valence-electron chi connectivity index (χ0n) is 14.6. The fourth-order valence-corrected chi connectivity index (χ4v) is 3.36. The highest BCUT2D eigenvalue weighted by atomic mass is 16.5. The molecule has 4 heteroatoms. The van der Waals surface area contributed by atoms with Crippen molar-refractivity contribution < 1.29 is 9.47 Å². The molecule has 1 aromatic heterocycles. The molecule has 1 aliphatic heterocycles. The van der Waals surface area contributed by atoms with E-state index in [-0.39, 0.29) is 6.23 Å².